The second kappa shape index (κ2) is 7.01. The summed E-state index contributed by atoms with van der Waals surface area (Å²) in [5, 5.41) is 6.22. The van der Waals surface area contributed by atoms with Crippen molar-refractivity contribution in [3.05, 3.63) is 0 Å². The summed E-state index contributed by atoms with van der Waals surface area (Å²) in [7, 11) is -0.753. The molecule has 1 amide bonds. The quantitative estimate of drug-likeness (QED) is 0.684. The number of amides is 1. The van der Waals surface area contributed by atoms with Gasteiger partial charge in [-0.3, -0.25) is 9.00 Å². The van der Waals surface area contributed by atoms with E-state index >= 15 is 0 Å². The smallest absolute Gasteiger partial charge is 0.224 e. The molecule has 0 spiro atoms. The van der Waals surface area contributed by atoms with Gasteiger partial charge >= 0.3 is 0 Å². The molecular formula is C11H22N2O2S. The molecule has 3 unspecified atom stereocenters. The number of hydrogen-bond acceptors (Lipinski definition) is 3. The summed E-state index contributed by atoms with van der Waals surface area (Å²) in [6.45, 7) is 3.57. The van der Waals surface area contributed by atoms with Gasteiger partial charge in [-0.25, -0.2) is 0 Å². The zero-order valence-corrected chi connectivity index (χ0v) is 10.9. The summed E-state index contributed by atoms with van der Waals surface area (Å²) in [4.78, 5) is 11.7. The van der Waals surface area contributed by atoms with Gasteiger partial charge < -0.3 is 10.6 Å². The molecule has 0 aromatic carbocycles. The maximum Gasteiger partial charge on any atom is 0.224 e. The minimum absolute atomic E-state index is 0.114. The van der Waals surface area contributed by atoms with E-state index in [1.54, 1.807) is 6.26 Å². The lowest BCUT2D eigenvalue weighted by Crippen LogP contribution is -2.44. The maximum absolute atomic E-state index is 11.7. The van der Waals surface area contributed by atoms with Crippen LogP contribution in [0, 0.1) is 5.92 Å². The third-order valence-corrected chi connectivity index (χ3v) is 3.80. The molecule has 94 valence electrons. The second-order valence-electron chi connectivity index (χ2n) is 4.51. The van der Waals surface area contributed by atoms with Crippen LogP contribution in [-0.2, 0) is 15.6 Å². The SMILES string of the molecule is CC1CCC(C(=O)NCCCS(C)=O)CN1. The Hall–Kier alpha value is -0.420. The summed E-state index contributed by atoms with van der Waals surface area (Å²) < 4.78 is 10.8. The van der Waals surface area contributed by atoms with Crippen molar-refractivity contribution in [2.75, 3.05) is 25.1 Å². The van der Waals surface area contributed by atoms with E-state index in [1.807, 2.05) is 0 Å². The molecule has 0 bridgehead atoms. The van der Waals surface area contributed by atoms with Gasteiger partial charge in [-0.1, -0.05) is 0 Å². The van der Waals surface area contributed by atoms with Crippen LogP contribution in [0.15, 0.2) is 0 Å². The third-order valence-electron chi connectivity index (χ3n) is 2.94. The van der Waals surface area contributed by atoms with Crippen molar-refractivity contribution < 1.29 is 9.00 Å². The standard InChI is InChI=1S/C11H22N2O2S/c1-9-4-5-10(8-13-9)11(14)12-6-3-7-16(2)15/h9-10,13H,3-8H2,1-2H3,(H,12,14). The van der Waals surface area contributed by atoms with Crippen LogP contribution in [0.25, 0.3) is 0 Å². The lowest BCUT2D eigenvalue weighted by atomic mass is 9.95. The van der Waals surface area contributed by atoms with Gasteiger partial charge in [0.2, 0.25) is 5.91 Å². The monoisotopic (exact) mass is 246 g/mol. The number of hydrogen-bond donors (Lipinski definition) is 2. The van der Waals surface area contributed by atoms with Crippen LogP contribution in [-0.4, -0.2) is 41.3 Å². The molecule has 5 heteroatoms. The Balaban J connectivity index is 2.12. The van der Waals surface area contributed by atoms with Gasteiger partial charge in [-0.2, -0.15) is 0 Å². The molecule has 1 heterocycles. The number of carbonyl (C=O) groups excluding carboxylic acids is 1. The lowest BCUT2D eigenvalue weighted by Gasteiger charge is -2.26. The molecule has 1 saturated heterocycles. The zero-order chi connectivity index (χ0) is 12.0. The van der Waals surface area contributed by atoms with Crippen molar-refractivity contribution in [3.8, 4) is 0 Å². The van der Waals surface area contributed by atoms with E-state index in [9.17, 15) is 9.00 Å². The van der Waals surface area contributed by atoms with Crippen molar-refractivity contribution in [1.29, 1.82) is 0 Å². The molecule has 1 aliphatic rings. The van der Waals surface area contributed by atoms with Gasteiger partial charge in [-0.05, 0) is 26.2 Å². The number of piperidine rings is 1. The van der Waals surface area contributed by atoms with Gasteiger partial charge in [-0.15, -0.1) is 0 Å². The Kier molecular flexibility index (Phi) is 5.98. The highest BCUT2D eigenvalue weighted by molar-refractivity contribution is 7.84. The summed E-state index contributed by atoms with van der Waals surface area (Å²) >= 11 is 0. The van der Waals surface area contributed by atoms with Crippen LogP contribution in [0.4, 0.5) is 0 Å². The normalized spacial score (nSPS) is 27.4. The molecule has 0 radical (unpaired) electrons. The van der Waals surface area contributed by atoms with Crippen LogP contribution in [0.3, 0.4) is 0 Å². The molecule has 1 fully saturated rings. The largest absolute Gasteiger partial charge is 0.356 e. The summed E-state index contributed by atoms with van der Waals surface area (Å²) in [6, 6.07) is 0.534. The number of rotatable bonds is 5. The predicted molar refractivity (Wildman–Crippen MR) is 66.7 cm³/mol. The van der Waals surface area contributed by atoms with Crippen LogP contribution in [0.2, 0.25) is 0 Å². The fourth-order valence-corrected chi connectivity index (χ4v) is 2.40. The summed E-state index contributed by atoms with van der Waals surface area (Å²) in [6.07, 6.45) is 4.52. The minimum atomic E-state index is -0.753. The van der Waals surface area contributed by atoms with Gasteiger partial charge in [0.1, 0.15) is 0 Å². The molecule has 3 atom stereocenters. The van der Waals surface area contributed by atoms with Crippen molar-refractivity contribution >= 4 is 16.7 Å². The Labute approximate surface area is 100 Å². The van der Waals surface area contributed by atoms with Crippen LogP contribution in [0.1, 0.15) is 26.2 Å². The van der Waals surface area contributed by atoms with E-state index in [0.717, 1.165) is 25.8 Å². The molecule has 0 aromatic rings. The first kappa shape index (κ1) is 13.6. The Morgan fingerprint density at radius 3 is 2.81 bits per heavy atom. The Morgan fingerprint density at radius 2 is 2.25 bits per heavy atom. The average Bonchev–Trinajstić information content (AvgIpc) is 2.25. The summed E-state index contributed by atoms with van der Waals surface area (Å²) in [5.41, 5.74) is 0. The highest BCUT2D eigenvalue weighted by atomic mass is 32.2. The molecule has 0 aromatic heterocycles. The molecule has 4 nitrogen and oxygen atoms in total. The molecule has 0 aliphatic carbocycles. The van der Waals surface area contributed by atoms with Gasteiger partial charge in [0.05, 0.1) is 5.92 Å². The van der Waals surface area contributed by atoms with Crippen molar-refractivity contribution in [3.63, 3.8) is 0 Å². The predicted octanol–water partition coefficient (Wildman–Crippen LogP) is 0.259. The molecule has 16 heavy (non-hydrogen) atoms. The van der Waals surface area contributed by atoms with E-state index in [0.29, 0.717) is 18.3 Å². The summed E-state index contributed by atoms with van der Waals surface area (Å²) in [5.74, 6) is 0.921. The maximum atomic E-state index is 11.7. The topological polar surface area (TPSA) is 58.2 Å². The van der Waals surface area contributed by atoms with E-state index in [2.05, 4.69) is 17.6 Å². The first-order chi connectivity index (χ1) is 7.59. The van der Waals surface area contributed by atoms with Crippen LogP contribution >= 0.6 is 0 Å². The minimum Gasteiger partial charge on any atom is -0.356 e. The van der Waals surface area contributed by atoms with E-state index in [1.165, 1.54) is 0 Å². The fourth-order valence-electron chi connectivity index (χ4n) is 1.85. The molecule has 1 aliphatic heterocycles. The van der Waals surface area contributed by atoms with Gasteiger partial charge in [0.15, 0.2) is 0 Å². The fraction of sp³-hybridized carbons (Fsp3) is 0.909. The van der Waals surface area contributed by atoms with E-state index in [-0.39, 0.29) is 11.8 Å². The number of nitrogens with one attached hydrogen (secondary N) is 2. The van der Waals surface area contributed by atoms with E-state index < -0.39 is 10.8 Å². The highest BCUT2D eigenvalue weighted by Crippen LogP contribution is 2.13. The van der Waals surface area contributed by atoms with Gasteiger partial charge in [0, 0.05) is 41.9 Å². The van der Waals surface area contributed by atoms with Crippen molar-refractivity contribution in [2.24, 2.45) is 5.92 Å². The molecule has 1 rings (SSSR count). The van der Waals surface area contributed by atoms with Crippen molar-refractivity contribution in [1.82, 2.24) is 10.6 Å². The Bertz CT molecular complexity index is 250. The first-order valence-corrected chi connectivity index (χ1v) is 7.63. The molecule has 2 N–H and O–H groups in total. The third kappa shape index (κ3) is 5.07. The highest BCUT2D eigenvalue weighted by Gasteiger charge is 2.23. The van der Waals surface area contributed by atoms with Crippen LogP contribution < -0.4 is 10.6 Å². The molecule has 0 saturated carbocycles. The van der Waals surface area contributed by atoms with Crippen LogP contribution in [0.5, 0.6) is 0 Å². The second-order valence-corrected chi connectivity index (χ2v) is 6.06. The zero-order valence-electron chi connectivity index (χ0n) is 10.1. The first-order valence-electron chi connectivity index (χ1n) is 5.90. The van der Waals surface area contributed by atoms with Gasteiger partial charge in [0.25, 0.3) is 0 Å². The molecular weight excluding hydrogens is 224 g/mol. The van der Waals surface area contributed by atoms with Crippen molar-refractivity contribution in [2.45, 2.75) is 32.2 Å². The lowest BCUT2D eigenvalue weighted by molar-refractivity contribution is -0.125. The Morgan fingerprint density at radius 1 is 1.50 bits per heavy atom. The van der Waals surface area contributed by atoms with E-state index in [4.69, 9.17) is 0 Å². The number of carbonyl (C=O) groups is 1. The average molecular weight is 246 g/mol.